The zero-order valence-electron chi connectivity index (χ0n) is 18.6. The molecule has 1 aliphatic carbocycles. The molecule has 1 saturated carbocycles. The first-order chi connectivity index (χ1) is 16.4. The molecule has 2 aromatic heterocycles. The van der Waals surface area contributed by atoms with Crippen LogP contribution in [0.5, 0.6) is 5.88 Å². The van der Waals surface area contributed by atoms with Crippen molar-refractivity contribution in [2.75, 3.05) is 18.4 Å². The lowest BCUT2D eigenvalue weighted by atomic mass is 10.0. The van der Waals surface area contributed by atoms with Crippen LogP contribution in [0.3, 0.4) is 0 Å². The number of nitrogens with zero attached hydrogens (tertiary/aromatic N) is 5. The first kappa shape index (κ1) is 25.4. The van der Waals surface area contributed by atoms with Gasteiger partial charge in [0.25, 0.3) is 15.2 Å². The molecule has 0 radical (unpaired) electrons. The van der Waals surface area contributed by atoms with E-state index in [4.69, 9.17) is 4.74 Å². The maximum Gasteiger partial charge on any atom is 0.423 e. The van der Waals surface area contributed by atoms with Gasteiger partial charge in [-0.3, -0.25) is 0 Å². The lowest BCUT2D eigenvalue weighted by Gasteiger charge is -2.33. The maximum absolute atomic E-state index is 14.9. The zero-order chi connectivity index (χ0) is 25.4. The molecule has 15 heteroatoms. The van der Waals surface area contributed by atoms with E-state index in [1.54, 1.807) is 0 Å². The summed E-state index contributed by atoms with van der Waals surface area (Å²) in [5.74, 6) is -1.07. The van der Waals surface area contributed by atoms with Gasteiger partial charge in [0.1, 0.15) is 17.8 Å². The van der Waals surface area contributed by atoms with Gasteiger partial charge in [-0.05, 0) is 38.7 Å². The normalized spacial score (nSPS) is 28.1. The third-order valence-electron chi connectivity index (χ3n) is 6.09. The van der Waals surface area contributed by atoms with Crippen LogP contribution in [0.4, 0.5) is 23.5 Å². The van der Waals surface area contributed by atoms with E-state index in [1.807, 2.05) is 0 Å². The molecule has 1 saturated heterocycles. The molecular weight excluding hydrogens is 496 g/mol. The monoisotopic (exact) mass is 520 g/mol. The second-order valence-electron chi connectivity index (χ2n) is 8.72. The van der Waals surface area contributed by atoms with Gasteiger partial charge < -0.3 is 15.2 Å². The fraction of sp³-hybridized carbons (Fsp3) is 0.600. The molecule has 3 heterocycles. The molecule has 0 unspecified atom stereocenters. The first-order valence-electron chi connectivity index (χ1n) is 10.9. The number of halogens is 4. The van der Waals surface area contributed by atoms with Crippen LogP contribution in [-0.2, 0) is 16.2 Å². The quantitative estimate of drug-likeness (QED) is 0.435. The van der Waals surface area contributed by atoms with Gasteiger partial charge >= 0.3 is 6.18 Å². The van der Waals surface area contributed by atoms with E-state index in [-0.39, 0.29) is 18.9 Å². The van der Waals surface area contributed by atoms with E-state index in [2.05, 4.69) is 25.3 Å². The summed E-state index contributed by atoms with van der Waals surface area (Å²) in [6, 6.07) is 0.487. The van der Waals surface area contributed by atoms with Crippen LogP contribution in [0.2, 0.25) is 0 Å². The summed E-state index contributed by atoms with van der Waals surface area (Å²) in [4.78, 5) is 14.9. The van der Waals surface area contributed by atoms with Crippen molar-refractivity contribution < 1.29 is 35.8 Å². The molecule has 10 nitrogen and oxygen atoms in total. The Labute approximate surface area is 198 Å². The largest absolute Gasteiger partial charge is 0.471 e. The Bertz CT molecular complexity index is 1150. The topological polar surface area (TPSA) is 130 Å². The summed E-state index contributed by atoms with van der Waals surface area (Å²) in [5, 5.41) is 12.6. The molecule has 2 aromatic rings. The Morgan fingerprint density at radius 2 is 1.94 bits per heavy atom. The highest BCUT2D eigenvalue weighted by Crippen LogP contribution is 2.39. The number of aliphatic hydroxyl groups is 1. The van der Waals surface area contributed by atoms with Crippen LogP contribution in [0.1, 0.15) is 38.2 Å². The minimum Gasteiger partial charge on any atom is -0.471 e. The van der Waals surface area contributed by atoms with Crippen molar-refractivity contribution in [1.82, 2.24) is 24.2 Å². The lowest BCUT2D eigenvalue weighted by Crippen LogP contribution is -2.50. The van der Waals surface area contributed by atoms with E-state index in [9.17, 15) is 31.1 Å². The molecule has 2 N–H and O–H groups in total. The van der Waals surface area contributed by atoms with Gasteiger partial charge in [0.15, 0.2) is 0 Å². The van der Waals surface area contributed by atoms with E-state index in [1.165, 1.54) is 25.4 Å². The number of ether oxygens (including phenoxy) is 1. The highest BCUT2D eigenvalue weighted by molar-refractivity contribution is 7.88. The average molecular weight is 521 g/mol. The fourth-order valence-corrected chi connectivity index (χ4v) is 5.42. The predicted octanol–water partition coefficient (Wildman–Crippen LogP) is 2.18. The molecule has 1 aliphatic heterocycles. The number of hydrogen-bond acceptors (Lipinski definition) is 9. The van der Waals surface area contributed by atoms with Gasteiger partial charge in [0.05, 0.1) is 11.6 Å². The Balaban J connectivity index is 1.49. The third-order valence-corrected chi connectivity index (χ3v) is 7.77. The van der Waals surface area contributed by atoms with Gasteiger partial charge in [-0.2, -0.15) is 22.5 Å². The number of anilines is 1. The van der Waals surface area contributed by atoms with Crippen LogP contribution < -0.4 is 10.1 Å². The molecule has 4 rings (SSSR count). The summed E-state index contributed by atoms with van der Waals surface area (Å²) in [6.07, 6.45) is -3.08. The summed E-state index contributed by atoms with van der Waals surface area (Å²) >= 11 is 0. The summed E-state index contributed by atoms with van der Waals surface area (Å²) in [7, 11) is -4.10. The Hall–Kier alpha value is -2.65. The Morgan fingerprint density at radius 3 is 2.54 bits per heavy atom. The highest BCUT2D eigenvalue weighted by atomic mass is 32.2. The number of aromatic nitrogens is 4. The zero-order valence-corrected chi connectivity index (χ0v) is 19.4. The first-order valence-corrected chi connectivity index (χ1v) is 12.3. The molecule has 192 valence electrons. The Morgan fingerprint density at radius 1 is 1.23 bits per heavy atom. The van der Waals surface area contributed by atoms with Crippen molar-refractivity contribution in [3.63, 3.8) is 0 Å². The second-order valence-corrected chi connectivity index (χ2v) is 10.5. The van der Waals surface area contributed by atoms with Crippen molar-refractivity contribution in [2.24, 2.45) is 0 Å². The number of alkyl halides is 4. The molecule has 2 fully saturated rings. The summed E-state index contributed by atoms with van der Waals surface area (Å²) < 4.78 is 87.0. The summed E-state index contributed by atoms with van der Waals surface area (Å²) in [5.41, 5.74) is -2.53. The van der Waals surface area contributed by atoms with E-state index in [0.717, 1.165) is 4.31 Å². The molecular formula is C20H24F4N6O4S. The molecule has 0 spiro atoms. The van der Waals surface area contributed by atoms with Crippen molar-refractivity contribution in [1.29, 1.82) is 0 Å². The van der Waals surface area contributed by atoms with Crippen molar-refractivity contribution >= 4 is 16.0 Å². The molecule has 4 atom stereocenters. The SMILES string of the molecule is C[C@]1(O)CCC[C@H]1Oc1nc(N[C@H]2CCN(S(=O)(=O)c3ncccn3)C[C@@H]2F)ncc1C(F)(F)F. The number of sulfonamides is 1. The average Bonchev–Trinajstić information content (AvgIpc) is 3.12. The van der Waals surface area contributed by atoms with E-state index < -0.39 is 63.3 Å². The van der Waals surface area contributed by atoms with Crippen LogP contribution in [0.25, 0.3) is 0 Å². The van der Waals surface area contributed by atoms with Gasteiger partial charge in [-0.25, -0.2) is 27.8 Å². The standard InChI is InChI=1S/C20H24F4N6O4S/c1-19(31)6-2-4-15(19)34-16-12(20(22,23)24)10-27-17(29-16)28-14-5-9-30(11-13(14)21)35(32,33)18-25-7-3-8-26-18/h3,7-8,10,13-15,31H,2,4-6,9,11H2,1H3,(H,27,28,29)/t13-,14-,15+,19-/m0/s1. The third kappa shape index (κ3) is 5.46. The van der Waals surface area contributed by atoms with Crippen molar-refractivity contribution in [2.45, 2.75) is 67.9 Å². The van der Waals surface area contributed by atoms with Crippen molar-refractivity contribution in [3.05, 3.63) is 30.2 Å². The number of hydrogen-bond donors (Lipinski definition) is 2. The predicted molar refractivity (Wildman–Crippen MR) is 114 cm³/mol. The van der Waals surface area contributed by atoms with Crippen LogP contribution >= 0.6 is 0 Å². The maximum atomic E-state index is 14.9. The molecule has 0 bridgehead atoms. The van der Waals surface area contributed by atoms with Crippen LogP contribution in [0.15, 0.2) is 29.8 Å². The highest BCUT2D eigenvalue weighted by Gasteiger charge is 2.43. The molecule has 0 aromatic carbocycles. The lowest BCUT2D eigenvalue weighted by molar-refractivity contribution is -0.141. The van der Waals surface area contributed by atoms with Gasteiger partial charge in [0.2, 0.25) is 11.8 Å². The molecule has 0 amide bonds. The minimum absolute atomic E-state index is 0.00879. The second kappa shape index (κ2) is 9.43. The fourth-order valence-electron chi connectivity index (χ4n) is 4.12. The number of rotatable bonds is 6. The van der Waals surface area contributed by atoms with Gasteiger partial charge in [-0.15, -0.1) is 0 Å². The van der Waals surface area contributed by atoms with Crippen LogP contribution in [0, 0.1) is 0 Å². The van der Waals surface area contributed by atoms with Gasteiger partial charge in [0, 0.05) is 31.7 Å². The van der Waals surface area contributed by atoms with Crippen LogP contribution in [-0.4, -0.2) is 74.8 Å². The Kier molecular flexibility index (Phi) is 6.85. The van der Waals surface area contributed by atoms with E-state index >= 15 is 0 Å². The van der Waals surface area contributed by atoms with Crippen molar-refractivity contribution in [3.8, 4) is 5.88 Å². The smallest absolute Gasteiger partial charge is 0.423 e. The number of piperidine rings is 1. The number of nitrogens with one attached hydrogen (secondary N) is 1. The summed E-state index contributed by atoms with van der Waals surface area (Å²) in [6.45, 7) is 0.898. The van der Waals surface area contributed by atoms with Gasteiger partial charge in [-0.1, -0.05) is 0 Å². The molecule has 35 heavy (non-hydrogen) atoms. The minimum atomic E-state index is -4.81. The van der Waals surface area contributed by atoms with E-state index in [0.29, 0.717) is 25.5 Å². The molecule has 2 aliphatic rings.